The van der Waals surface area contributed by atoms with Crippen LogP contribution in [0.25, 0.3) is 0 Å². The Bertz CT molecular complexity index is 626. The zero-order chi connectivity index (χ0) is 13.4. The molecule has 0 unspecified atom stereocenters. The van der Waals surface area contributed by atoms with Crippen molar-refractivity contribution in [3.05, 3.63) is 70.5 Å². The van der Waals surface area contributed by atoms with Crippen LogP contribution in [-0.4, -0.2) is 10.8 Å². The van der Waals surface area contributed by atoms with Gasteiger partial charge in [0.15, 0.2) is 0 Å². The van der Waals surface area contributed by atoms with Gasteiger partial charge in [-0.05, 0) is 30.2 Å². The molecule has 0 atom stereocenters. The van der Waals surface area contributed by atoms with E-state index in [2.05, 4.69) is 0 Å². The summed E-state index contributed by atoms with van der Waals surface area (Å²) in [5.74, 6) is -0.691. The minimum Gasteiger partial charge on any atom is -0.330 e. The van der Waals surface area contributed by atoms with Crippen LogP contribution in [0.1, 0.15) is 27.0 Å². The Morgan fingerprint density at radius 2 is 1.74 bits per heavy atom. The first-order valence-electron chi connectivity index (χ1n) is 6.27. The van der Waals surface area contributed by atoms with Gasteiger partial charge in [-0.2, -0.15) is 0 Å². The molecular formula is C16H14FNO. The number of halogens is 1. The van der Waals surface area contributed by atoms with E-state index in [1.807, 2.05) is 31.2 Å². The molecule has 96 valence electrons. The number of aryl methyl sites for hydroxylation is 1. The lowest BCUT2D eigenvalue weighted by Gasteiger charge is -2.16. The molecule has 2 aromatic rings. The highest BCUT2D eigenvalue weighted by Gasteiger charge is 2.25. The number of fused-ring (bicyclic) bond motifs is 1. The summed E-state index contributed by atoms with van der Waals surface area (Å²) in [5.41, 5.74) is 3.34. The third kappa shape index (κ3) is 2.12. The fourth-order valence-corrected chi connectivity index (χ4v) is 2.45. The van der Waals surface area contributed by atoms with Crippen molar-refractivity contribution in [2.24, 2.45) is 0 Å². The number of carbonyl (C=O) groups is 1. The number of rotatable bonds is 1. The number of nitrogens with zero attached hydrogens (tertiary/aromatic N) is 1. The van der Waals surface area contributed by atoms with Crippen LogP contribution in [0, 0.1) is 12.7 Å². The van der Waals surface area contributed by atoms with E-state index in [9.17, 15) is 9.18 Å². The van der Waals surface area contributed by atoms with Crippen LogP contribution in [0.4, 0.5) is 4.39 Å². The molecule has 3 heteroatoms. The van der Waals surface area contributed by atoms with Gasteiger partial charge in [0.25, 0.3) is 5.91 Å². The average molecular weight is 255 g/mol. The van der Waals surface area contributed by atoms with Crippen molar-refractivity contribution in [1.82, 2.24) is 4.90 Å². The fraction of sp³-hybridized carbons (Fsp3) is 0.188. The van der Waals surface area contributed by atoms with Gasteiger partial charge in [-0.15, -0.1) is 0 Å². The Morgan fingerprint density at radius 3 is 2.37 bits per heavy atom. The average Bonchev–Trinajstić information content (AvgIpc) is 2.84. The summed E-state index contributed by atoms with van der Waals surface area (Å²) in [6.07, 6.45) is 0. The second-order valence-corrected chi connectivity index (χ2v) is 4.91. The maximum Gasteiger partial charge on any atom is 0.257 e. The maximum atomic E-state index is 13.8. The minimum atomic E-state index is -0.452. The molecule has 0 N–H and O–H groups in total. The summed E-state index contributed by atoms with van der Waals surface area (Å²) < 4.78 is 13.8. The molecular weight excluding hydrogens is 241 g/mol. The summed E-state index contributed by atoms with van der Waals surface area (Å²) in [6.45, 7) is 2.97. The predicted octanol–water partition coefficient (Wildman–Crippen LogP) is 3.29. The molecule has 1 heterocycles. The standard InChI is InChI=1S/C16H14FNO/c1-11-6-7-15(17)14(8-11)16(19)18-9-12-4-2-3-5-13(12)10-18/h2-8H,9-10H2,1H3. The number of benzene rings is 2. The molecule has 0 radical (unpaired) electrons. The van der Waals surface area contributed by atoms with Gasteiger partial charge >= 0.3 is 0 Å². The fourth-order valence-electron chi connectivity index (χ4n) is 2.45. The molecule has 0 spiro atoms. The predicted molar refractivity (Wildman–Crippen MR) is 71.2 cm³/mol. The highest BCUT2D eigenvalue weighted by molar-refractivity contribution is 5.95. The van der Waals surface area contributed by atoms with Gasteiger partial charge in [0, 0.05) is 13.1 Å². The lowest BCUT2D eigenvalue weighted by atomic mass is 10.1. The van der Waals surface area contributed by atoms with Gasteiger partial charge in [0.2, 0.25) is 0 Å². The zero-order valence-electron chi connectivity index (χ0n) is 10.7. The molecule has 0 saturated heterocycles. The van der Waals surface area contributed by atoms with Crippen LogP contribution in [0.5, 0.6) is 0 Å². The smallest absolute Gasteiger partial charge is 0.257 e. The van der Waals surface area contributed by atoms with E-state index in [1.54, 1.807) is 17.0 Å². The van der Waals surface area contributed by atoms with Gasteiger partial charge < -0.3 is 4.90 Å². The monoisotopic (exact) mass is 255 g/mol. The second kappa shape index (κ2) is 4.50. The van der Waals surface area contributed by atoms with Crippen molar-refractivity contribution in [1.29, 1.82) is 0 Å². The molecule has 1 aliphatic rings. The van der Waals surface area contributed by atoms with Gasteiger partial charge in [0.1, 0.15) is 5.82 Å². The summed E-state index contributed by atoms with van der Waals surface area (Å²) in [6, 6.07) is 12.6. The maximum absolute atomic E-state index is 13.8. The van der Waals surface area contributed by atoms with Crippen LogP contribution in [0.2, 0.25) is 0 Å². The van der Waals surface area contributed by atoms with Crippen molar-refractivity contribution in [2.75, 3.05) is 0 Å². The summed E-state index contributed by atoms with van der Waals surface area (Å²) in [5, 5.41) is 0. The van der Waals surface area contributed by atoms with E-state index in [0.29, 0.717) is 13.1 Å². The van der Waals surface area contributed by atoms with E-state index < -0.39 is 5.82 Å². The Kier molecular flexibility index (Phi) is 2.82. The molecule has 0 saturated carbocycles. The van der Waals surface area contributed by atoms with E-state index >= 15 is 0 Å². The largest absolute Gasteiger partial charge is 0.330 e. The number of carbonyl (C=O) groups excluding carboxylic acids is 1. The van der Waals surface area contributed by atoms with Gasteiger partial charge in [-0.25, -0.2) is 4.39 Å². The molecule has 2 aromatic carbocycles. The third-order valence-electron chi connectivity index (χ3n) is 3.48. The van der Waals surface area contributed by atoms with Crippen LogP contribution in [0.15, 0.2) is 42.5 Å². The Labute approximate surface area is 111 Å². The molecule has 0 bridgehead atoms. The molecule has 2 nitrogen and oxygen atoms in total. The lowest BCUT2D eigenvalue weighted by molar-refractivity contribution is 0.0746. The van der Waals surface area contributed by atoms with E-state index in [1.165, 1.54) is 6.07 Å². The van der Waals surface area contributed by atoms with Crippen LogP contribution in [-0.2, 0) is 13.1 Å². The van der Waals surface area contributed by atoms with E-state index in [-0.39, 0.29) is 11.5 Å². The SMILES string of the molecule is Cc1ccc(F)c(C(=O)N2Cc3ccccc3C2)c1. The summed E-state index contributed by atoms with van der Waals surface area (Å²) in [4.78, 5) is 14.1. The number of amides is 1. The summed E-state index contributed by atoms with van der Waals surface area (Å²) in [7, 11) is 0. The van der Waals surface area contributed by atoms with Crippen LogP contribution >= 0.6 is 0 Å². The van der Waals surface area contributed by atoms with E-state index in [4.69, 9.17) is 0 Å². The first kappa shape index (κ1) is 11.9. The third-order valence-corrected chi connectivity index (χ3v) is 3.48. The first-order valence-corrected chi connectivity index (χ1v) is 6.27. The molecule has 19 heavy (non-hydrogen) atoms. The van der Waals surface area contributed by atoms with Crippen molar-refractivity contribution in [3.63, 3.8) is 0 Å². The number of hydrogen-bond acceptors (Lipinski definition) is 1. The van der Waals surface area contributed by atoms with Crippen molar-refractivity contribution >= 4 is 5.91 Å². The number of hydrogen-bond donors (Lipinski definition) is 0. The molecule has 3 rings (SSSR count). The topological polar surface area (TPSA) is 20.3 Å². The van der Waals surface area contributed by atoms with Gasteiger partial charge in [-0.3, -0.25) is 4.79 Å². The van der Waals surface area contributed by atoms with Crippen molar-refractivity contribution in [2.45, 2.75) is 20.0 Å². The second-order valence-electron chi connectivity index (χ2n) is 4.91. The molecule has 0 aliphatic carbocycles. The molecule has 0 aromatic heterocycles. The van der Waals surface area contributed by atoms with E-state index in [0.717, 1.165) is 16.7 Å². The Hall–Kier alpha value is -2.16. The van der Waals surface area contributed by atoms with Crippen molar-refractivity contribution < 1.29 is 9.18 Å². The minimum absolute atomic E-state index is 0.160. The van der Waals surface area contributed by atoms with Crippen LogP contribution < -0.4 is 0 Å². The van der Waals surface area contributed by atoms with Crippen LogP contribution in [0.3, 0.4) is 0 Å². The highest BCUT2D eigenvalue weighted by atomic mass is 19.1. The van der Waals surface area contributed by atoms with Crippen molar-refractivity contribution in [3.8, 4) is 0 Å². The van der Waals surface area contributed by atoms with Gasteiger partial charge in [0.05, 0.1) is 5.56 Å². The summed E-state index contributed by atoms with van der Waals surface area (Å²) >= 11 is 0. The highest BCUT2D eigenvalue weighted by Crippen LogP contribution is 2.24. The van der Waals surface area contributed by atoms with Gasteiger partial charge in [-0.1, -0.05) is 35.9 Å². The quantitative estimate of drug-likeness (QED) is 0.765. The zero-order valence-corrected chi connectivity index (χ0v) is 10.7. The first-order chi connectivity index (χ1) is 9.15. The Balaban J connectivity index is 1.89. The Morgan fingerprint density at radius 1 is 1.11 bits per heavy atom. The molecule has 1 amide bonds. The lowest BCUT2D eigenvalue weighted by Crippen LogP contribution is -2.26. The normalized spacial score (nSPS) is 13.5. The molecule has 0 fully saturated rings. The molecule has 1 aliphatic heterocycles.